The smallest absolute Gasteiger partial charge is 0.314 e. The van der Waals surface area contributed by atoms with E-state index in [2.05, 4.69) is 5.32 Å². The van der Waals surface area contributed by atoms with E-state index < -0.39 is 6.10 Å². The number of rotatable bonds is 7. The van der Waals surface area contributed by atoms with Crippen molar-refractivity contribution in [3.63, 3.8) is 0 Å². The van der Waals surface area contributed by atoms with Gasteiger partial charge < -0.3 is 10.1 Å². The van der Waals surface area contributed by atoms with E-state index >= 15 is 0 Å². The van der Waals surface area contributed by atoms with Gasteiger partial charge in [-0.25, -0.2) is 0 Å². The molecule has 2 aromatic rings. The molecule has 0 radical (unpaired) electrons. The predicted molar refractivity (Wildman–Crippen MR) is 95.9 cm³/mol. The average molecular weight is 337 g/mol. The standard InChI is InChI=1S/C21H23NO3/c1-2-18(15-9-5-3-6-10-15)21(24)25-19(16-11-7-4-8-12-16)20(23)22-17-13-14-17/h3-12,17-19H,2,13-14H2,1H3,(H,22,23)/t18-,19-/m0/s1. The van der Waals surface area contributed by atoms with E-state index in [1.165, 1.54) is 0 Å². The zero-order valence-corrected chi connectivity index (χ0v) is 14.4. The summed E-state index contributed by atoms with van der Waals surface area (Å²) in [5, 5.41) is 2.94. The molecule has 0 aromatic heterocycles. The highest BCUT2D eigenvalue weighted by Gasteiger charge is 2.32. The number of hydrogen-bond donors (Lipinski definition) is 1. The molecule has 1 aliphatic carbocycles. The average Bonchev–Trinajstić information content (AvgIpc) is 3.46. The summed E-state index contributed by atoms with van der Waals surface area (Å²) in [5.41, 5.74) is 1.60. The third kappa shape index (κ3) is 4.47. The van der Waals surface area contributed by atoms with Gasteiger partial charge in [0.05, 0.1) is 5.92 Å². The highest BCUT2D eigenvalue weighted by molar-refractivity contribution is 5.87. The molecule has 0 heterocycles. The number of ether oxygens (including phenoxy) is 1. The van der Waals surface area contributed by atoms with Crippen LogP contribution in [0.5, 0.6) is 0 Å². The van der Waals surface area contributed by atoms with Crippen LogP contribution in [0, 0.1) is 0 Å². The van der Waals surface area contributed by atoms with Crippen LogP contribution in [-0.4, -0.2) is 17.9 Å². The summed E-state index contributed by atoms with van der Waals surface area (Å²) >= 11 is 0. The third-order valence-corrected chi connectivity index (χ3v) is 4.39. The Hall–Kier alpha value is -2.62. The first kappa shape index (κ1) is 17.2. The molecule has 1 aliphatic rings. The number of hydrogen-bond acceptors (Lipinski definition) is 3. The zero-order valence-electron chi connectivity index (χ0n) is 14.4. The molecular formula is C21H23NO3. The van der Waals surface area contributed by atoms with E-state index in [1.807, 2.05) is 67.6 Å². The number of benzene rings is 2. The molecule has 4 nitrogen and oxygen atoms in total. The van der Waals surface area contributed by atoms with Crippen molar-refractivity contribution in [3.8, 4) is 0 Å². The van der Waals surface area contributed by atoms with Crippen LogP contribution in [0.15, 0.2) is 60.7 Å². The zero-order chi connectivity index (χ0) is 17.6. The highest BCUT2D eigenvalue weighted by Crippen LogP contribution is 2.27. The van der Waals surface area contributed by atoms with Gasteiger partial charge in [0, 0.05) is 11.6 Å². The quantitative estimate of drug-likeness (QED) is 0.783. The van der Waals surface area contributed by atoms with Gasteiger partial charge in [0.15, 0.2) is 0 Å². The minimum absolute atomic E-state index is 0.216. The van der Waals surface area contributed by atoms with Crippen LogP contribution in [0.2, 0.25) is 0 Å². The van der Waals surface area contributed by atoms with Gasteiger partial charge in [-0.2, -0.15) is 0 Å². The molecule has 2 atom stereocenters. The molecule has 2 aromatic carbocycles. The molecule has 0 aliphatic heterocycles. The lowest BCUT2D eigenvalue weighted by molar-refractivity contribution is -0.158. The van der Waals surface area contributed by atoms with Crippen LogP contribution in [0.25, 0.3) is 0 Å². The van der Waals surface area contributed by atoms with E-state index in [1.54, 1.807) is 0 Å². The van der Waals surface area contributed by atoms with E-state index in [4.69, 9.17) is 4.74 Å². The summed E-state index contributed by atoms with van der Waals surface area (Å²) in [6.45, 7) is 1.95. The first-order valence-electron chi connectivity index (χ1n) is 8.79. The van der Waals surface area contributed by atoms with Crippen molar-refractivity contribution in [2.24, 2.45) is 0 Å². The summed E-state index contributed by atoms with van der Waals surface area (Å²) in [4.78, 5) is 25.4. The lowest BCUT2D eigenvalue weighted by atomic mass is 9.96. The van der Waals surface area contributed by atoms with Gasteiger partial charge in [0.25, 0.3) is 5.91 Å². The lowest BCUT2D eigenvalue weighted by Gasteiger charge is -2.21. The van der Waals surface area contributed by atoms with Gasteiger partial charge in [-0.15, -0.1) is 0 Å². The van der Waals surface area contributed by atoms with Crippen molar-refractivity contribution in [1.29, 1.82) is 0 Å². The molecule has 0 spiro atoms. The molecule has 1 saturated carbocycles. The van der Waals surface area contributed by atoms with Crippen LogP contribution in [-0.2, 0) is 14.3 Å². The topological polar surface area (TPSA) is 55.4 Å². The van der Waals surface area contributed by atoms with Crippen LogP contribution in [0.3, 0.4) is 0 Å². The number of nitrogens with one attached hydrogen (secondary N) is 1. The molecule has 1 fully saturated rings. The Balaban J connectivity index is 1.78. The Labute approximate surface area is 148 Å². The van der Waals surface area contributed by atoms with Gasteiger partial charge in [-0.1, -0.05) is 67.6 Å². The number of carbonyl (C=O) groups is 2. The van der Waals surface area contributed by atoms with Gasteiger partial charge in [0.1, 0.15) is 0 Å². The van der Waals surface area contributed by atoms with Crippen molar-refractivity contribution in [2.75, 3.05) is 0 Å². The molecule has 1 N–H and O–H groups in total. The van der Waals surface area contributed by atoms with Gasteiger partial charge in [-0.05, 0) is 24.8 Å². The maximum atomic E-state index is 12.8. The molecule has 0 bridgehead atoms. The second kappa shape index (κ2) is 7.97. The van der Waals surface area contributed by atoms with Crippen molar-refractivity contribution in [1.82, 2.24) is 5.32 Å². The number of esters is 1. The Morgan fingerprint density at radius 3 is 2.08 bits per heavy atom. The van der Waals surface area contributed by atoms with Gasteiger partial charge in [0.2, 0.25) is 6.10 Å². The number of carbonyl (C=O) groups excluding carboxylic acids is 2. The third-order valence-electron chi connectivity index (χ3n) is 4.39. The van der Waals surface area contributed by atoms with E-state index in [-0.39, 0.29) is 23.8 Å². The predicted octanol–water partition coefficient (Wildman–Crippen LogP) is 3.74. The first-order valence-corrected chi connectivity index (χ1v) is 8.79. The summed E-state index contributed by atoms with van der Waals surface area (Å²) < 4.78 is 5.68. The van der Waals surface area contributed by atoms with Gasteiger partial charge >= 0.3 is 5.97 Å². The largest absolute Gasteiger partial charge is 0.447 e. The Morgan fingerprint density at radius 2 is 1.56 bits per heavy atom. The molecule has 0 unspecified atom stereocenters. The Kier molecular flexibility index (Phi) is 5.49. The molecule has 4 heteroatoms. The maximum Gasteiger partial charge on any atom is 0.314 e. The Morgan fingerprint density at radius 1 is 1.00 bits per heavy atom. The molecule has 3 rings (SSSR count). The fourth-order valence-corrected chi connectivity index (χ4v) is 2.83. The SMILES string of the molecule is CC[C@H](C(=O)O[C@H](C(=O)NC1CC1)c1ccccc1)c1ccccc1. The molecule has 25 heavy (non-hydrogen) atoms. The maximum absolute atomic E-state index is 12.8. The molecule has 0 saturated heterocycles. The second-order valence-corrected chi connectivity index (χ2v) is 6.38. The normalized spacial score (nSPS) is 15.9. The highest BCUT2D eigenvalue weighted by atomic mass is 16.5. The van der Waals surface area contributed by atoms with E-state index in [9.17, 15) is 9.59 Å². The molecule has 130 valence electrons. The minimum atomic E-state index is -0.910. The van der Waals surface area contributed by atoms with Crippen LogP contribution >= 0.6 is 0 Å². The Bertz CT molecular complexity index is 710. The van der Waals surface area contributed by atoms with Crippen LogP contribution < -0.4 is 5.32 Å². The fraction of sp³-hybridized carbons (Fsp3) is 0.333. The lowest BCUT2D eigenvalue weighted by Crippen LogP contribution is -2.34. The van der Waals surface area contributed by atoms with E-state index in [0.717, 1.165) is 18.4 Å². The van der Waals surface area contributed by atoms with Crippen molar-refractivity contribution in [3.05, 3.63) is 71.8 Å². The summed E-state index contributed by atoms with van der Waals surface area (Å²) in [5.74, 6) is -0.986. The van der Waals surface area contributed by atoms with E-state index in [0.29, 0.717) is 12.0 Å². The summed E-state index contributed by atoms with van der Waals surface area (Å²) in [6, 6.07) is 18.9. The molecule has 1 amide bonds. The molecular weight excluding hydrogens is 314 g/mol. The monoisotopic (exact) mass is 337 g/mol. The minimum Gasteiger partial charge on any atom is -0.447 e. The first-order chi connectivity index (χ1) is 12.2. The summed E-state index contributed by atoms with van der Waals surface area (Å²) in [7, 11) is 0. The van der Waals surface area contributed by atoms with Crippen molar-refractivity contribution >= 4 is 11.9 Å². The fourth-order valence-electron chi connectivity index (χ4n) is 2.83. The van der Waals surface area contributed by atoms with Gasteiger partial charge in [-0.3, -0.25) is 9.59 Å². The summed E-state index contributed by atoms with van der Waals surface area (Å²) in [6.07, 6.45) is 1.69. The number of amides is 1. The van der Waals surface area contributed by atoms with Crippen LogP contribution in [0.1, 0.15) is 49.3 Å². The second-order valence-electron chi connectivity index (χ2n) is 6.38. The van der Waals surface area contributed by atoms with Crippen molar-refractivity contribution < 1.29 is 14.3 Å². The van der Waals surface area contributed by atoms with Crippen molar-refractivity contribution in [2.45, 2.75) is 44.2 Å². The van der Waals surface area contributed by atoms with Crippen LogP contribution in [0.4, 0.5) is 0 Å².